The van der Waals surface area contributed by atoms with Crippen LogP contribution in [0.4, 0.5) is 8.78 Å². The van der Waals surface area contributed by atoms with Crippen LogP contribution in [-0.2, 0) is 4.74 Å². The number of aromatic amines is 1. The van der Waals surface area contributed by atoms with Crippen molar-refractivity contribution in [3.05, 3.63) is 30.0 Å². The van der Waals surface area contributed by atoms with Gasteiger partial charge in [0.1, 0.15) is 6.61 Å². The Hall–Kier alpha value is -2.02. The van der Waals surface area contributed by atoms with Gasteiger partial charge in [-0.25, -0.2) is 8.78 Å². The van der Waals surface area contributed by atoms with Gasteiger partial charge in [-0.15, -0.1) is 0 Å². The molecule has 7 heteroatoms. The van der Waals surface area contributed by atoms with Crippen LogP contribution in [0.5, 0.6) is 0 Å². The molecule has 1 N–H and O–H groups in total. The molecule has 5 nitrogen and oxygen atoms in total. The summed E-state index contributed by atoms with van der Waals surface area (Å²) in [5.41, 5.74) is 0.868. The van der Waals surface area contributed by atoms with Crippen molar-refractivity contribution in [2.45, 2.75) is 5.92 Å². The number of para-hydroxylation sites is 1. The number of aromatic nitrogens is 2. The van der Waals surface area contributed by atoms with Crippen LogP contribution in [0.15, 0.2) is 24.3 Å². The molecule has 2 aromatic rings. The highest BCUT2D eigenvalue weighted by Gasteiger charge is 2.37. The second kappa shape index (κ2) is 4.82. The number of carbonyl (C=O) groups is 1. The minimum Gasteiger partial charge on any atom is -0.373 e. The van der Waals surface area contributed by atoms with Crippen LogP contribution in [0.25, 0.3) is 10.9 Å². The van der Waals surface area contributed by atoms with Crippen molar-refractivity contribution in [2.75, 3.05) is 26.3 Å². The first kappa shape index (κ1) is 13.0. The lowest BCUT2D eigenvalue weighted by Gasteiger charge is -2.22. The molecule has 0 aliphatic carbocycles. The van der Waals surface area contributed by atoms with E-state index in [-0.39, 0.29) is 18.8 Å². The zero-order chi connectivity index (χ0) is 14.2. The normalized spacial score (nSPS) is 19.0. The molecular weight excluding hydrogens is 268 g/mol. The van der Waals surface area contributed by atoms with Gasteiger partial charge in [0.25, 0.3) is 11.8 Å². The van der Waals surface area contributed by atoms with E-state index < -0.39 is 25.0 Å². The van der Waals surface area contributed by atoms with Crippen LogP contribution >= 0.6 is 0 Å². The zero-order valence-electron chi connectivity index (χ0n) is 10.6. The van der Waals surface area contributed by atoms with E-state index in [9.17, 15) is 13.6 Å². The fourth-order valence-electron chi connectivity index (χ4n) is 2.25. The number of hydrogen-bond acceptors (Lipinski definition) is 3. The molecule has 0 unspecified atom stereocenters. The Kier molecular flexibility index (Phi) is 3.13. The van der Waals surface area contributed by atoms with Crippen molar-refractivity contribution in [3.8, 4) is 0 Å². The predicted molar refractivity (Wildman–Crippen MR) is 67.8 cm³/mol. The third-order valence-corrected chi connectivity index (χ3v) is 3.20. The topological polar surface area (TPSA) is 58.2 Å². The number of benzene rings is 1. The SMILES string of the molecule is O=C(c1n[nH]c2ccccc12)N1CCOCC(F)(F)C1. The third-order valence-electron chi connectivity index (χ3n) is 3.20. The Bertz CT molecular complexity index is 641. The summed E-state index contributed by atoms with van der Waals surface area (Å²) in [6, 6.07) is 7.09. The predicted octanol–water partition coefficient (Wildman–Crippen LogP) is 1.67. The number of rotatable bonds is 1. The maximum absolute atomic E-state index is 13.5. The average Bonchev–Trinajstić information content (AvgIpc) is 2.76. The van der Waals surface area contributed by atoms with Crippen molar-refractivity contribution in [1.82, 2.24) is 15.1 Å². The summed E-state index contributed by atoms with van der Waals surface area (Å²) in [6.07, 6.45) is 0. The van der Waals surface area contributed by atoms with Crippen LogP contribution in [-0.4, -0.2) is 53.2 Å². The molecule has 1 aliphatic rings. The van der Waals surface area contributed by atoms with E-state index in [0.717, 1.165) is 4.90 Å². The number of alkyl halides is 2. The molecule has 0 bridgehead atoms. The number of hydrogen-bond donors (Lipinski definition) is 1. The number of nitrogens with zero attached hydrogens (tertiary/aromatic N) is 2. The number of nitrogens with one attached hydrogen (secondary N) is 1. The van der Waals surface area contributed by atoms with E-state index >= 15 is 0 Å². The Balaban J connectivity index is 1.91. The molecular formula is C13H13F2N3O2. The summed E-state index contributed by atoms with van der Waals surface area (Å²) < 4.78 is 31.8. The summed E-state index contributed by atoms with van der Waals surface area (Å²) in [7, 11) is 0. The molecule has 1 aromatic heterocycles. The monoisotopic (exact) mass is 281 g/mol. The van der Waals surface area contributed by atoms with Gasteiger partial charge in [-0.05, 0) is 6.07 Å². The van der Waals surface area contributed by atoms with Gasteiger partial charge >= 0.3 is 0 Å². The van der Waals surface area contributed by atoms with E-state index in [1.807, 2.05) is 6.07 Å². The number of carbonyl (C=O) groups excluding carboxylic acids is 1. The van der Waals surface area contributed by atoms with Crippen LogP contribution in [0.1, 0.15) is 10.5 Å². The first-order valence-corrected chi connectivity index (χ1v) is 6.25. The number of amides is 1. The minimum atomic E-state index is -3.03. The standard InChI is InChI=1S/C13H13F2N3O2/c14-13(15)7-18(5-6-20-8-13)12(19)11-9-3-1-2-4-10(9)16-17-11/h1-4H,5-8H2,(H,16,17). The van der Waals surface area contributed by atoms with E-state index in [2.05, 4.69) is 10.2 Å². The van der Waals surface area contributed by atoms with E-state index in [1.165, 1.54) is 0 Å². The second-order valence-corrected chi connectivity index (χ2v) is 4.75. The zero-order valence-corrected chi connectivity index (χ0v) is 10.6. The highest BCUT2D eigenvalue weighted by molar-refractivity contribution is 6.04. The molecule has 0 radical (unpaired) electrons. The van der Waals surface area contributed by atoms with Gasteiger partial charge in [0.2, 0.25) is 0 Å². The molecule has 106 valence electrons. The third kappa shape index (κ3) is 2.36. The van der Waals surface area contributed by atoms with Gasteiger partial charge in [0.15, 0.2) is 5.69 Å². The molecule has 1 saturated heterocycles. The molecule has 1 amide bonds. The second-order valence-electron chi connectivity index (χ2n) is 4.75. The first-order chi connectivity index (χ1) is 9.57. The molecule has 2 heterocycles. The lowest BCUT2D eigenvalue weighted by molar-refractivity contribution is -0.0661. The van der Waals surface area contributed by atoms with Crippen LogP contribution in [0.3, 0.4) is 0 Å². The maximum atomic E-state index is 13.5. The van der Waals surface area contributed by atoms with E-state index in [4.69, 9.17) is 4.74 Å². The van der Waals surface area contributed by atoms with Crippen LogP contribution in [0.2, 0.25) is 0 Å². The Morgan fingerprint density at radius 1 is 1.40 bits per heavy atom. The van der Waals surface area contributed by atoms with Crippen molar-refractivity contribution in [2.24, 2.45) is 0 Å². The molecule has 0 saturated carbocycles. The molecule has 0 spiro atoms. The van der Waals surface area contributed by atoms with Crippen LogP contribution < -0.4 is 0 Å². The highest BCUT2D eigenvalue weighted by atomic mass is 19.3. The van der Waals surface area contributed by atoms with Gasteiger partial charge in [-0.3, -0.25) is 9.89 Å². The van der Waals surface area contributed by atoms with Gasteiger partial charge < -0.3 is 9.64 Å². The number of H-pyrrole nitrogens is 1. The van der Waals surface area contributed by atoms with Crippen molar-refractivity contribution in [1.29, 1.82) is 0 Å². The summed E-state index contributed by atoms with van der Waals surface area (Å²) in [6.45, 7) is -1.07. The Morgan fingerprint density at radius 2 is 2.20 bits per heavy atom. The largest absolute Gasteiger partial charge is 0.373 e. The van der Waals surface area contributed by atoms with Gasteiger partial charge in [0.05, 0.1) is 18.7 Å². The summed E-state index contributed by atoms with van der Waals surface area (Å²) >= 11 is 0. The van der Waals surface area contributed by atoms with Crippen LogP contribution in [0, 0.1) is 0 Å². The van der Waals surface area contributed by atoms with Crippen molar-refractivity contribution >= 4 is 16.8 Å². The molecule has 0 atom stereocenters. The molecule has 3 rings (SSSR count). The lowest BCUT2D eigenvalue weighted by atomic mass is 10.2. The lowest BCUT2D eigenvalue weighted by Crippen LogP contribution is -2.41. The number of halogens is 2. The van der Waals surface area contributed by atoms with Gasteiger partial charge in [-0.2, -0.15) is 5.10 Å². The smallest absolute Gasteiger partial charge is 0.288 e. The summed E-state index contributed by atoms with van der Waals surface area (Å²) in [5, 5.41) is 7.31. The van der Waals surface area contributed by atoms with E-state index in [1.54, 1.807) is 18.2 Å². The molecule has 1 aromatic carbocycles. The summed E-state index contributed by atoms with van der Waals surface area (Å²) in [5.74, 6) is -3.54. The van der Waals surface area contributed by atoms with Gasteiger partial charge in [0, 0.05) is 11.9 Å². The number of fused-ring (bicyclic) bond motifs is 1. The Labute approximate surface area is 113 Å². The number of ether oxygens (including phenoxy) is 1. The Morgan fingerprint density at radius 3 is 3.05 bits per heavy atom. The summed E-state index contributed by atoms with van der Waals surface area (Å²) in [4.78, 5) is 13.5. The van der Waals surface area contributed by atoms with Gasteiger partial charge in [-0.1, -0.05) is 18.2 Å². The maximum Gasteiger partial charge on any atom is 0.288 e. The fraction of sp³-hybridized carbons (Fsp3) is 0.385. The quantitative estimate of drug-likeness (QED) is 0.865. The first-order valence-electron chi connectivity index (χ1n) is 6.25. The fourth-order valence-corrected chi connectivity index (χ4v) is 2.25. The molecule has 1 aliphatic heterocycles. The van der Waals surface area contributed by atoms with Crippen molar-refractivity contribution in [3.63, 3.8) is 0 Å². The highest BCUT2D eigenvalue weighted by Crippen LogP contribution is 2.22. The minimum absolute atomic E-state index is 0.101. The van der Waals surface area contributed by atoms with Crippen molar-refractivity contribution < 1.29 is 18.3 Å². The van der Waals surface area contributed by atoms with E-state index in [0.29, 0.717) is 10.9 Å². The molecule has 1 fully saturated rings. The molecule has 20 heavy (non-hydrogen) atoms. The average molecular weight is 281 g/mol.